The van der Waals surface area contributed by atoms with E-state index in [1.54, 1.807) is 0 Å². The van der Waals surface area contributed by atoms with Gasteiger partial charge in [0.05, 0.1) is 43.7 Å². The summed E-state index contributed by atoms with van der Waals surface area (Å²) < 4.78 is 51.3. The molecule has 0 radical (unpaired) electrons. The first-order valence-corrected chi connectivity index (χ1v) is 48.4. The Morgan fingerprint density at radius 3 is 1.08 bits per heavy atom. The molecule has 0 aliphatic heterocycles. The van der Waals surface area contributed by atoms with Crippen molar-refractivity contribution in [3.05, 3.63) is 358 Å². The number of aromatic nitrogens is 4. The van der Waals surface area contributed by atoms with Crippen LogP contribution in [0.25, 0.3) is 220 Å². The molecule has 4 aromatic heterocycles. The molecule has 5 aliphatic carbocycles. The highest BCUT2D eigenvalue weighted by Crippen LogP contribution is 2.57. The van der Waals surface area contributed by atoms with Crippen molar-refractivity contribution in [2.45, 2.75) is 148 Å². The quantitative estimate of drug-likeness (QED) is 0.128. The van der Waals surface area contributed by atoms with Gasteiger partial charge >= 0.3 is 6.18 Å². The highest BCUT2D eigenvalue weighted by atomic mass is 19.4. The van der Waals surface area contributed by atoms with Crippen LogP contribution in [0.1, 0.15) is 132 Å². The summed E-state index contributed by atoms with van der Waals surface area (Å²) in [5.41, 5.74) is 46.9. The normalized spacial score (nSPS) is 13.1. The van der Waals surface area contributed by atoms with Gasteiger partial charge in [-0.05, 0) is 357 Å². The summed E-state index contributed by atoms with van der Waals surface area (Å²) in [6.07, 6.45) is 9.08. The van der Waals surface area contributed by atoms with Gasteiger partial charge in [0.2, 0.25) is 28.3 Å². The zero-order valence-electron chi connectivity index (χ0n) is 81.0. The van der Waals surface area contributed by atoms with Gasteiger partial charge in [0, 0.05) is 35.9 Å². The predicted octanol–water partition coefficient (Wildman–Crippen LogP) is 32.6. The standard InChI is InChI=1S/C35H33F3N.C34H32N.C31H28N.C28H22N/c1-19-14-20(2)31-24(18-34(5,6)35(36,37)38)16-29(39(7)30(31)15-19)27-17-28-25-12-8-10-23-11-9-13-26(33(23)25)32(28)22(4)21(27)3;1-21-22(2)32-29-13-7-11-25-10-6-12-28(33(25)29)31(32)20-30(21)34-27-15-14-24(18-23-8-4-5-9-23)19-26(27)16-17-35(34)3;1-18(2)22-12-13-24-23(16-22)14-15-32(5)31(24)27-17-28-25-10-6-8-21-9-7-11-26(30(21)25)29(28)20(4)19(27)3;1-17-18(2)26-23-13-7-10-20-9-6-12-22(27(20)23)25(26)16-24(17)28-21-11-5-4-8-19(21)14-15-29(28)3/h8-17H,18H2,1-7H3;6-7,10-17,19-20,23H,4-5,8-9,18H2,1-3H3;6-18H,1-5H3;4-16H,1-3H3/q4*+1. The van der Waals surface area contributed by atoms with Crippen LogP contribution in [0.2, 0.25) is 0 Å². The van der Waals surface area contributed by atoms with Crippen LogP contribution in [0.3, 0.4) is 0 Å². The molecule has 0 unspecified atom stereocenters. The average molecular weight is 1770 g/mol. The van der Waals surface area contributed by atoms with Gasteiger partial charge in [-0.2, -0.15) is 17.7 Å². The Morgan fingerprint density at radius 2 is 0.674 bits per heavy atom. The molecule has 4 nitrogen and oxygen atoms in total. The van der Waals surface area contributed by atoms with Gasteiger partial charge < -0.3 is 0 Å². The second-order valence-electron chi connectivity index (χ2n) is 40.6. The molecular weight excluding hydrogens is 1650 g/mol. The lowest BCUT2D eigenvalue weighted by molar-refractivity contribution is -0.659. The second kappa shape index (κ2) is 32.7. The van der Waals surface area contributed by atoms with Gasteiger partial charge in [-0.15, -0.1) is 0 Å². The van der Waals surface area contributed by atoms with Crippen molar-refractivity contribution < 1.29 is 31.4 Å². The third-order valence-electron chi connectivity index (χ3n) is 31.8. The summed E-state index contributed by atoms with van der Waals surface area (Å²) in [7, 11) is 8.55. The molecular formula is C128H115F3N4+4. The molecule has 20 aromatic rings. The van der Waals surface area contributed by atoms with Gasteiger partial charge in [0.1, 0.15) is 28.2 Å². The Bertz CT molecular complexity index is 8500. The van der Waals surface area contributed by atoms with E-state index in [1.165, 1.54) is 294 Å². The molecule has 1 fully saturated rings. The van der Waals surface area contributed by atoms with Gasteiger partial charge in [-0.1, -0.05) is 248 Å². The molecule has 135 heavy (non-hydrogen) atoms. The smallest absolute Gasteiger partial charge is 0.200 e. The summed E-state index contributed by atoms with van der Waals surface area (Å²) in [6, 6.07) is 98.6. The van der Waals surface area contributed by atoms with Gasteiger partial charge in [0.15, 0.2) is 18.6 Å². The van der Waals surface area contributed by atoms with E-state index in [0.29, 0.717) is 5.92 Å². The van der Waals surface area contributed by atoms with Crippen molar-refractivity contribution in [3.63, 3.8) is 0 Å². The lowest BCUT2D eigenvalue weighted by Gasteiger charge is -2.28. The van der Waals surface area contributed by atoms with E-state index in [2.05, 4.69) is 388 Å². The summed E-state index contributed by atoms with van der Waals surface area (Å²) in [5, 5.41) is 19.5. The molecule has 5 aliphatic rings. The number of pyridine rings is 4. The predicted molar refractivity (Wildman–Crippen MR) is 561 cm³/mol. The number of halogens is 3. The van der Waals surface area contributed by atoms with Crippen LogP contribution >= 0.6 is 0 Å². The maximum absolute atomic E-state index is 14.1. The Morgan fingerprint density at radius 1 is 0.319 bits per heavy atom. The van der Waals surface area contributed by atoms with E-state index in [0.717, 1.165) is 50.3 Å². The topological polar surface area (TPSA) is 15.5 Å². The maximum atomic E-state index is 14.1. The van der Waals surface area contributed by atoms with E-state index in [-0.39, 0.29) is 6.42 Å². The van der Waals surface area contributed by atoms with Gasteiger partial charge in [0.25, 0.3) is 0 Å². The van der Waals surface area contributed by atoms with Crippen molar-refractivity contribution >= 4 is 86.3 Å². The Kier molecular flexibility index (Phi) is 20.9. The Labute approximate surface area is 791 Å². The van der Waals surface area contributed by atoms with Crippen molar-refractivity contribution in [1.29, 1.82) is 0 Å². The molecule has 0 bridgehead atoms. The molecule has 25 rings (SSSR count). The first-order valence-electron chi connectivity index (χ1n) is 48.4. The molecule has 0 amide bonds. The minimum atomic E-state index is -4.30. The molecule has 664 valence electrons. The van der Waals surface area contributed by atoms with Crippen LogP contribution in [0.4, 0.5) is 13.2 Å². The lowest BCUT2D eigenvalue weighted by atomic mass is 9.82. The Balaban J connectivity index is 0.000000105. The van der Waals surface area contributed by atoms with E-state index >= 15 is 0 Å². The number of hydrogen-bond donors (Lipinski definition) is 0. The summed E-state index contributed by atoms with van der Waals surface area (Å²) in [6.45, 7) is 29.2. The number of aryl methyl sites for hydroxylation is 6. The number of rotatable bonds is 9. The van der Waals surface area contributed by atoms with Crippen LogP contribution in [0, 0.1) is 80.6 Å². The van der Waals surface area contributed by atoms with Crippen molar-refractivity contribution in [2.75, 3.05) is 0 Å². The number of hydrogen-bond acceptors (Lipinski definition) is 0. The summed E-state index contributed by atoms with van der Waals surface area (Å²) in [5.74, 6) is 1.40. The van der Waals surface area contributed by atoms with E-state index in [1.807, 2.05) is 27.0 Å². The zero-order valence-corrected chi connectivity index (χ0v) is 81.0. The van der Waals surface area contributed by atoms with Crippen LogP contribution < -0.4 is 18.3 Å². The third-order valence-corrected chi connectivity index (χ3v) is 31.8. The highest BCUT2D eigenvalue weighted by Gasteiger charge is 2.48. The number of nitrogens with zero attached hydrogens (tertiary/aromatic N) is 4. The largest absolute Gasteiger partial charge is 0.394 e. The number of alkyl halides is 3. The molecule has 16 aromatic carbocycles. The number of benzene rings is 16. The summed E-state index contributed by atoms with van der Waals surface area (Å²) >= 11 is 0. The molecule has 0 N–H and O–H groups in total. The zero-order chi connectivity index (χ0) is 93.5. The maximum Gasteiger partial charge on any atom is 0.394 e. The average Bonchev–Trinajstić information content (AvgIpc) is 1.57. The van der Waals surface area contributed by atoms with E-state index in [9.17, 15) is 13.2 Å². The fourth-order valence-electron chi connectivity index (χ4n) is 24.2. The molecule has 0 atom stereocenters. The van der Waals surface area contributed by atoms with Crippen LogP contribution in [-0.2, 0) is 41.0 Å². The minimum absolute atomic E-state index is 0.0849. The van der Waals surface area contributed by atoms with Gasteiger partial charge in [-0.3, -0.25) is 0 Å². The van der Waals surface area contributed by atoms with Crippen LogP contribution in [-0.4, -0.2) is 6.18 Å². The van der Waals surface area contributed by atoms with Crippen molar-refractivity contribution in [3.8, 4) is 134 Å². The first kappa shape index (κ1) is 86.4. The minimum Gasteiger partial charge on any atom is -0.200 e. The monoisotopic (exact) mass is 1760 g/mol. The lowest BCUT2D eigenvalue weighted by Crippen LogP contribution is -2.36. The fourth-order valence-corrected chi connectivity index (χ4v) is 24.2. The Hall–Kier alpha value is -14.0. The third kappa shape index (κ3) is 13.9. The molecule has 0 spiro atoms. The first-order chi connectivity index (χ1) is 65.0. The molecule has 4 heterocycles. The highest BCUT2D eigenvalue weighted by molar-refractivity contribution is 6.21. The molecule has 0 saturated heterocycles. The van der Waals surface area contributed by atoms with Crippen molar-refractivity contribution in [1.82, 2.24) is 0 Å². The molecule has 1 saturated carbocycles. The second-order valence-corrected chi connectivity index (χ2v) is 40.6. The summed E-state index contributed by atoms with van der Waals surface area (Å²) in [4.78, 5) is 0. The fraction of sp³-hybridized carbons (Fsp3) is 0.219. The van der Waals surface area contributed by atoms with Crippen molar-refractivity contribution in [2.24, 2.45) is 39.5 Å². The van der Waals surface area contributed by atoms with Crippen LogP contribution in [0.5, 0.6) is 0 Å². The molecule has 7 heteroatoms. The SMILES string of the molecule is Cc1c(-c2c3ccc(C(C)C)cc3cc[n+]2C)cc2c(c1C)-c1cccc3cccc-2c13.Cc1c(-c2c3ccc(CC4CCCC4)cc3cc[n+]2C)cc2c(c1C)-c1cccc3cccc-2c13.Cc1c(-c2c3ccccc3cc[n+]2C)cc2c(c1C)-c1cccc3cccc-2c13.Cc1cc(C)c2c(CC(C)(C)C(F)(F)F)cc(-c3cc4c(c(C)c3C)-c3cccc5cccc-4c35)[n+](C)c2c1. The van der Waals surface area contributed by atoms with Gasteiger partial charge in [-0.25, -0.2) is 13.7 Å². The van der Waals surface area contributed by atoms with E-state index in [4.69, 9.17) is 0 Å². The van der Waals surface area contributed by atoms with E-state index < -0.39 is 11.6 Å². The van der Waals surface area contributed by atoms with Crippen LogP contribution in [0.15, 0.2) is 286 Å². The number of fused-ring (bicyclic) bond motifs is 16.